The third-order valence-corrected chi connectivity index (χ3v) is 3.83. The van der Waals surface area contributed by atoms with Gasteiger partial charge >= 0.3 is 0 Å². The van der Waals surface area contributed by atoms with Crippen LogP contribution in [0, 0.1) is 0 Å². The van der Waals surface area contributed by atoms with Gasteiger partial charge in [-0.1, -0.05) is 29.3 Å². The van der Waals surface area contributed by atoms with E-state index in [4.69, 9.17) is 33.7 Å². The summed E-state index contributed by atoms with van der Waals surface area (Å²) >= 11 is 11.9. The van der Waals surface area contributed by atoms with Crippen LogP contribution in [-0.2, 0) is 4.79 Å². The second-order valence-electron chi connectivity index (χ2n) is 4.74. The van der Waals surface area contributed by atoms with Crippen molar-refractivity contribution < 1.29 is 14.3 Å². The number of ether oxygens (including phenoxy) is 1. The highest BCUT2D eigenvalue weighted by Crippen LogP contribution is 2.32. The van der Waals surface area contributed by atoms with Gasteiger partial charge in [0.05, 0.1) is 5.02 Å². The molecule has 2 amide bonds. The van der Waals surface area contributed by atoms with Gasteiger partial charge in [0.1, 0.15) is 10.8 Å². The molecule has 0 spiro atoms. The van der Waals surface area contributed by atoms with Crippen molar-refractivity contribution in [1.82, 2.24) is 0 Å². The van der Waals surface area contributed by atoms with E-state index in [-0.39, 0.29) is 10.9 Å². The fourth-order valence-corrected chi connectivity index (χ4v) is 2.12. The molecule has 2 aromatic carbocycles. The van der Waals surface area contributed by atoms with Gasteiger partial charge in [0, 0.05) is 11.3 Å². The molecule has 5 nitrogen and oxygen atoms in total. The summed E-state index contributed by atoms with van der Waals surface area (Å²) < 4.78 is 5.52. The van der Waals surface area contributed by atoms with E-state index in [0.29, 0.717) is 22.0 Å². The summed E-state index contributed by atoms with van der Waals surface area (Å²) in [7, 11) is 0. The van der Waals surface area contributed by atoms with E-state index in [9.17, 15) is 9.59 Å². The summed E-state index contributed by atoms with van der Waals surface area (Å²) in [6.45, 7) is 1.59. The highest BCUT2D eigenvalue weighted by molar-refractivity contribution is 6.42. The minimum Gasteiger partial charge on any atom is -0.479 e. The van der Waals surface area contributed by atoms with Gasteiger partial charge in [-0.3, -0.25) is 9.59 Å². The highest BCUT2D eigenvalue weighted by atomic mass is 35.5. The molecule has 0 aliphatic heterocycles. The van der Waals surface area contributed by atoms with E-state index in [2.05, 4.69) is 5.32 Å². The monoisotopic (exact) mass is 352 g/mol. The first-order valence-corrected chi connectivity index (χ1v) is 7.45. The van der Waals surface area contributed by atoms with Crippen molar-refractivity contribution in [2.45, 2.75) is 13.0 Å². The normalized spacial score (nSPS) is 11.6. The second-order valence-corrected chi connectivity index (χ2v) is 5.53. The first-order chi connectivity index (χ1) is 10.9. The lowest BCUT2D eigenvalue weighted by atomic mass is 10.2. The fraction of sp³-hybridized carbons (Fsp3) is 0.125. The standard InChI is InChI=1S/C16H14Cl2N2O3/c1-9(23-13-4-2-3-12(17)14(13)18)16(22)20-11-7-5-10(6-8-11)15(19)21/h2-9H,1H3,(H2,19,21)(H,20,22)/t9-/m1/s1. The number of carbonyl (C=O) groups is 2. The molecule has 0 saturated heterocycles. The van der Waals surface area contributed by atoms with Crippen LogP contribution in [0.25, 0.3) is 0 Å². The van der Waals surface area contributed by atoms with Crippen LogP contribution in [0.2, 0.25) is 10.0 Å². The molecule has 0 saturated carbocycles. The Morgan fingerprint density at radius 3 is 2.39 bits per heavy atom. The van der Waals surface area contributed by atoms with E-state index < -0.39 is 12.0 Å². The topological polar surface area (TPSA) is 81.4 Å². The van der Waals surface area contributed by atoms with Crippen molar-refractivity contribution in [3.63, 3.8) is 0 Å². The van der Waals surface area contributed by atoms with Crippen LogP contribution >= 0.6 is 23.2 Å². The minimum atomic E-state index is -0.790. The highest BCUT2D eigenvalue weighted by Gasteiger charge is 2.17. The zero-order valence-corrected chi connectivity index (χ0v) is 13.7. The molecule has 2 aromatic rings. The number of amides is 2. The van der Waals surface area contributed by atoms with Gasteiger partial charge in [-0.15, -0.1) is 0 Å². The first-order valence-electron chi connectivity index (χ1n) is 6.70. The number of carbonyl (C=O) groups excluding carboxylic acids is 2. The lowest BCUT2D eigenvalue weighted by molar-refractivity contribution is -0.122. The number of nitrogens with two attached hydrogens (primary N) is 1. The van der Waals surface area contributed by atoms with Crippen molar-refractivity contribution >= 4 is 40.7 Å². The van der Waals surface area contributed by atoms with E-state index in [1.54, 1.807) is 37.3 Å². The van der Waals surface area contributed by atoms with Gasteiger partial charge in [-0.25, -0.2) is 0 Å². The molecule has 2 rings (SSSR count). The lowest BCUT2D eigenvalue weighted by Gasteiger charge is -2.16. The molecule has 0 unspecified atom stereocenters. The Kier molecular flexibility index (Phi) is 5.47. The number of rotatable bonds is 5. The summed E-state index contributed by atoms with van der Waals surface area (Å²) in [5.41, 5.74) is 6.04. The second kappa shape index (κ2) is 7.35. The van der Waals surface area contributed by atoms with Crippen LogP contribution in [0.3, 0.4) is 0 Å². The number of halogens is 2. The van der Waals surface area contributed by atoms with Crippen LogP contribution in [0.1, 0.15) is 17.3 Å². The van der Waals surface area contributed by atoms with Gasteiger partial charge in [-0.05, 0) is 43.3 Å². The van der Waals surface area contributed by atoms with Crippen molar-refractivity contribution in [2.24, 2.45) is 5.73 Å². The molecule has 0 aliphatic carbocycles. The molecule has 120 valence electrons. The fourth-order valence-electron chi connectivity index (χ4n) is 1.78. The molecular weight excluding hydrogens is 339 g/mol. The quantitative estimate of drug-likeness (QED) is 0.863. The number of hydrogen-bond donors (Lipinski definition) is 2. The zero-order valence-electron chi connectivity index (χ0n) is 12.2. The maximum Gasteiger partial charge on any atom is 0.265 e. The van der Waals surface area contributed by atoms with Gasteiger partial charge in [0.2, 0.25) is 5.91 Å². The molecule has 0 heterocycles. The van der Waals surface area contributed by atoms with Gasteiger partial charge in [-0.2, -0.15) is 0 Å². The van der Waals surface area contributed by atoms with E-state index in [1.165, 1.54) is 12.1 Å². The van der Waals surface area contributed by atoms with E-state index in [0.717, 1.165) is 0 Å². The number of nitrogens with one attached hydrogen (secondary N) is 1. The largest absolute Gasteiger partial charge is 0.479 e. The van der Waals surface area contributed by atoms with Crippen LogP contribution in [0.4, 0.5) is 5.69 Å². The summed E-state index contributed by atoms with van der Waals surface area (Å²) in [6.07, 6.45) is -0.790. The summed E-state index contributed by atoms with van der Waals surface area (Å²) in [5.74, 6) is -0.575. The van der Waals surface area contributed by atoms with Gasteiger partial charge in [0.15, 0.2) is 6.10 Å². The lowest BCUT2D eigenvalue weighted by Crippen LogP contribution is -2.30. The van der Waals surface area contributed by atoms with Crippen molar-refractivity contribution in [1.29, 1.82) is 0 Å². The Hall–Kier alpha value is -2.24. The summed E-state index contributed by atoms with van der Waals surface area (Å²) in [6, 6.07) is 11.1. The predicted molar refractivity (Wildman–Crippen MR) is 90.1 cm³/mol. The Morgan fingerprint density at radius 1 is 1.13 bits per heavy atom. The third-order valence-electron chi connectivity index (χ3n) is 3.03. The van der Waals surface area contributed by atoms with Crippen LogP contribution < -0.4 is 15.8 Å². The van der Waals surface area contributed by atoms with Gasteiger partial charge < -0.3 is 15.8 Å². The predicted octanol–water partition coefficient (Wildman–Crippen LogP) is 3.50. The molecule has 23 heavy (non-hydrogen) atoms. The van der Waals surface area contributed by atoms with Crippen molar-refractivity contribution in [2.75, 3.05) is 5.32 Å². The number of benzene rings is 2. The maximum atomic E-state index is 12.1. The summed E-state index contributed by atoms with van der Waals surface area (Å²) in [5, 5.41) is 3.27. The smallest absolute Gasteiger partial charge is 0.265 e. The molecule has 7 heteroatoms. The zero-order chi connectivity index (χ0) is 17.0. The molecule has 0 fully saturated rings. The number of primary amides is 1. The molecule has 3 N–H and O–H groups in total. The Balaban J connectivity index is 2.02. The molecule has 0 aromatic heterocycles. The Morgan fingerprint density at radius 2 is 1.78 bits per heavy atom. The minimum absolute atomic E-state index is 0.250. The Bertz CT molecular complexity index is 733. The Labute approximate surface area is 143 Å². The maximum absolute atomic E-state index is 12.1. The molecule has 0 aliphatic rings. The SMILES string of the molecule is C[C@@H](Oc1cccc(Cl)c1Cl)C(=O)Nc1ccc(C(N)=O)cc1. The first kappa shape index (κ1) is 17.1. The molecular formula is C16H14Cl2N2O3. The number of anilines is 1. The van der Waals surface area contributed by atoms with Crippen LogP contribution in [0.5, 0.6) is 5.75 Å². The van der Waals surface area contributed by atoms with Crippen molar-refractivity contribution in [3.8, 4) is 5.75 Å². The van der Waals surface area contributed by atoms with Crippen LogP contribution in [-0.4, -0.2) is 17.9 Å². The van der Waals surface area contributed by atoms with Crippen molar-refractivity contribution in [3.05, 3.63) is 58.1 Å². The molecule has 0 radical (unpaired) electrons. The third kappa shape index (κ3) is 4.37. The average Bonchev–Trinajstić information content (AvgIpc) is 2.52. The van der Waals surface area contributed by atoms with Gasteiger partial charge in [0.25, 0.3) is 5.91 Å². The average molecular weight is 353 g/mol. The molecule has 0 bridgehead atoms. The number of hydrogen-bond acceptors (Lipinski definition) is 3. The molecule has 1 atom stereocenters. The summed E-state index contributed by atoms with van der Waals surface area (Å²) in [4.78, 5) is 23.1. The van der Waals surface area contributed by atoms with E-state index >= 15 is 0 Å². The van der Waals surface area contributed by atoms with Crippen LogP contribution in [0.15, 0.2) is 42.5 Å². The van der Waals surface area contributed by atoms with E-state index in [1.807, 2.05) is 0 Å².